The fraction of sp³-hybridized carbons (Fsp3) is 0.545. The number of aryl methyl sites for hydroxylation is 2. The van der Waals surface area contributed by atoms with Crippen LogP contribution in [-0.2, 0) is 4.74 Å². The molecular formula is C11H14N2O3. The molecule has 2 rings (SSSR count). The maximum atomic E-state index is 11.0. The van der Waals surface area contributed by atoms with Crippen molar-refractivity contribution < 1.29 is 14.6 Å². The number of carbonyl (C=O) groups is 1. The van der Waals surface area contributed by atoms with E-state index in [1.54, 1.807) is 13.8 Å². The van der Waals surface area contributed by atoms with Gasteiger partial charge in [-0.05, 0) is 26.7 Å². The molecule has 1 aliphatic rings. The van der Waals surface area contributed by atoms with Crippen LogP contribution in [0, 0.1) is 13.8 Å². The lowest BCUT2D eigenvalue weighted by Gasteiger charge is -2.11. The van der Waals surface area contributed by atoms with Crippen molar-refractivity contribution in [1.29, 1.82) is 0 Å². The molecule has 1 N–H and O–H groups in total. The molecule has 5 heteroatoms. The zero-order valence-corrected chi connectivity index (χ0v) is 9.36. The molecule has 0 aromatic carbocycles. The molecule has 2 heterocycles. The topological polar surface area (TPSA) is 72.3 Å². The number of hydrogen-bond acceptors (Lipinski definition) is 4. The first-order chi connectivity index (χ1) is 7.59. The first-order valence-corrected chi connectivity index (χ1v) is 5.29. The Morgan fingerprint density at radius 3 is 2.44 bits per heavy atom. The summed E-state index contributed by atoms with van der Waals surface area (Å²) in [6.45, 7) is 4.11. The second kappa shape index (κ2) is 4.17. The summed E-state index contributed by atoms with van der Waals surface area (Å²) in [5, 5.41) is 8.99. The van der Waals surface area contributed by atoms with Gasteiger partial charge in [0.2, 0.25) is 0 Å². The van der Waals surface area contributed by atoms with Gasteiger partial charge in [-0.2, -0.15) is 0 Å². The predicted octanol–water partition coefficient (Wildman–Crippen LogP) is 1.64. The zero-order valence-electron chi connectivity index (χ0n) is 9.36. The number of aromatic nitrogens is 2. The van der Waals surface area contributed by atoms with Crippen LogP contribution in [0.4, 0.5) is 0 Å². The highest BCUT2D eigenvalue weighted by Gasteiger charge is 2.23. The van der Waals surface area contributed by atoms with Crippen molar-refractivity contribution in [3.8, 4) is 0 Å². The quantitative estimate of drug-likeness (QED) is 0.823. The molecule has 86 valence electrons. The van der Waals surface area contributed by atoms with Crippen molar-refractivity contribution in [3.05, 3.63) is 22.8 Å². The molecule has 0 bridgehead atoms. The second-order valence-electron chi connectivity index (χ2n) is 3.93. The van der Waals surface area contributed by atoms with Crippen molar-refractivity contribution in [3.63, 3.8) is 0 Å². The van der Waals surface area contributed by atoms with Gasteiger partial charge in [-0.3, -0.25) is 0 Å². The molecule has 0 spiro atoms. The number of hydrogen-bond donors (Lipinski definition) is 1. The number of rotatable bonds is 2. The Morgan fingerprint density at radius 2 is 2.00 bits per heavy atom. The van der Waals surface area contributed by atoms with E-state index in [0.29, 0.717) is 17.2 Å². The lowest BCUT2D eigenvalue weighted by molar-refractivity contribution is 0.0692. The van der Waals surface area contributed by atoms with Crippen LogP contribution in [-0.4, -0.2) is 27.7 Å². The average molecular weight is 222 g/mol. The minimum absolute atomic E-state index is 0.0692. The molecule has 1 unspecified atom stereocenters. The summed E-state index contributed by atoms with van der Waals surface area (Å²) in [5.74, 6) is -0.369. The molecular weight excluding hydrogens is 208 g/mol. The van der Waals surface area contributed by atoms with Crippen molar-refractivity contribution >= 4 is 5.97 Å². The van der Waals surface area contributed by atoms with Crippen LogP contribution in [0.25, 0.3) is 0 Å². The van der Waals surface area contributed by atoms with E-state index >= 15 is 0 Å². The first kappa shape index (κ1) is 11.0. The van der Waals surface area contributed by atoms with E-state index in [1.165, 1.54) is 0 Å². The van der Waals surface area contributed by atoms with Crippen LogP contribution in [0.3, 0.4) is 0 Å². The Bertz CT molecular complexity index is 402. The molecule has 0 radical (unpaired) electrons. The van der Waals surface area contributed by atoms with Gasteiger partial charge in [-0.15, -0.1) is 0 Å². The van der Waals surface area contributed by atoms with Gasteiger partial charge in [0.1, 0.15) is 11.7 Å². The van der Waals surface area contributed by atoms with Crippen LogP contribution in [0.1, 0.15) is 46.5 Å². The molecule has 1 aliphatic heterocycles. The molecule has 1 aromatic heterocycles. The van der Waals surface area contributed by atoms with Crippen molar-refractivity contribution in [2.45, 2.75) is 32.8 Å². The molecule has 0 aliphatic carbocycles. The van der Waals surface area contributed by atoms with E-state index in [1.807, 2.05) is 0 Å². The summed E-state index contributed by atoms with van der Waals surface area (Å²) in [5.41, 5.74) is 1.21. The van der Waals surface area contributed by atoms with E-state index < -0.39 is 5.97 Å². The normalized spacial score (nSPS) is 20.0. The molecule has 0 amide bonds. The number of carboxylic acids is 1. The van der Waals surface area contributed by atoms with Gasteiger partial charge in [0.05, 0.1) is 11.4 Å². The Kier molecular flexibility index (Phi) is 2.87. The van der Waals surface area contributed by atoms with Gasteiger partial charge in [-0.25, -0.2) is 14.8 Å². The van der Waals surface area contributed by atoms with Crippen LogP contribution in [0.5, 0.6) is 0 Å². The van der Waals surface area contributed by atoms with E-state index in [4.69, 9.17) is 9.84 Å². The maximum Gasteiger partial charge on any atom is 0.339 e. The van der Waals surface area contributed by atoms with Gasteiger partial charge in [-0.1, -0.05) is 0 Å². The first-order valence-electron chi connectivity index (χ1n) is 5.29. The highest BCUT2D eigenvalue weighted by atomic mass is 16.5. The summed E-state index contributed by atoms with van der Waals surface area (Å²) >= 11 is 0. The van der Waals surface area contributed by atoms with Gasteiger partial charge in [0.15, 0.2) is 5.82 Å². The predicted molar refractivity (Wildman–Crippen MR) is 56.4 cm³/mol. The Morgan fingerprint density at radius 1 is 1.38 bits per heavy atom. The Balaban J connectivity index is 2.40. The molecule has 1 atom stereocenters. The Labute approximate surface area is 93.5 Å². The molecule has 16 heavy (non-hydrogen) atoms. The number of nitrogens with zero attached hydrogens (tertiary/aromatic N) is 2. The third-order valence-electron chi connectivity index (χ3n) is 2.72. The standard InChI is InChI=1S/C11H14N2O3/c1-6-9(11(14)15)7(2)13-10(12-6)8-4-3-5-16-8/h8H,3-5H2,1-2H3,(H,14,15). The van der Waals surface area contributed by atoms with Crippen molar-refractivity contribution in [2.24, 2.45) is 0 Å². The number of aromatic carboxylic acids is 1. The third kappa shape index (κ3) is 1.90. The van der Waals surface area contributed by atoms with Crippen LogP contribution in [0.2, 0.25) is 0 Å². The van der Waals surface area contributed by atoms with Gasteiger partial charge in [0.25, 0.3) is 0 Å². The maximum absolute atomic E-state index is 11.0. The van der Waals surface area contributed by atoms with Crippen LogP contribution in [0.15, 0.2) is 0 Å². The van der Waals surface area contributed by atoms with Gasteiger partial charge >= 0.3 is 5.97 Å². The van der Waals surface area contributed by atoms with E-state index in [-0.39, 0.29) is 11.7 Å². The monoisotopic (exact) mass is 222 g/mol. The molecule has 5 nitrogen and oxygen atoms in total. The lowest BCUT2D eigenvalue weighted by Crippen LogP contribution is -2.12. The minimum atomic E-state index is -0.978. The number of carboxylic acid groups (broad SMARTS) is 1. The SMILES string of the molecule is Cc1nc(C2CCCO2)nc(C)c1C(=O)O. The second-order valence-corrected chi connectivity index (χ2v) is 3.93. The summed E-state index contributed by atoms with van der Waals surface area (Å²) in [6.07, 6.45) is 1.85. The highest BCUT2D eigenvalue weighted by Crippen LogP contribution is 2.26. The molecule has 0 saturated carbocycles. The summed E-state index contributed by atoms with van der Waals surface area (Å²) in [4.78, 5) is 19.4. The van der Waals surface area contributed by atoms with E-state index in [9.17, 15) is 4.79 Å². The van der Waals surface area contributed by atoms with Gasteiger partial charge in [0, 0.05) is 6.61 Å². The fourth-order valence-corrected chi connectivity index (χ4v) is 1.98. The molecule has 1 saturated heterocycles. The minimum Gasteiger partial charge on any atom is -0.478 e. The smallest absolute Gasteiger partial charge is 0.339 e. The van der Waals surface area contributed by atoms with E-state index in [0.717, 1.165) is 19.4 Å². The summed E-state index contributed by atoms with van der Waals surface area (Å²) < 4.78 is 5.48. The third-order valence-corrected chi connectivity index (χ3v) is 2.72. The average Bonchev–Trinajstić information content (AvgIpc) is 2.67. The number of ether oxygens (including phenoxy) is 1. The Hall–Kier alpha value is -1.49. The summed E-state index contributed by atoms with van der Waals surface area (Å²) in [6, 6.07) is 0. The molecule has 1 fully saturated rings. The van der Waals surface area contributed by atoms with Gasteiger partial charge < -0.3 is 9.84 Å². The lowest BCUT2D eigenvalue weighted by atomic mass is 10.1. The van der Waals surface area contributed by atoms with Crippen LogP contribution < -0.4 is 0 Å². The van der Waals surface area contributed by atoms with Crippen LogP contribution >= 0.6 is 0 Å². The highest BCUT2D eigenvalue weighted by molar-refractivity contribution is 5.89. The van der Waals surface area contributed by atoms with E-state index in [2.05, 4.69) is 9.97 Å². The van der Waals surface area contributed by atoms with Crippen molar-refractivity contribution in [1.82, 2.24) is 9.97 Å². The molecule has 1 aromatic rings. The summed E-state index contributed by atoms with van der Waals surface area (Å²) in [7, 11) is 0. The largest absolute Gasteiger partial charge is 0.478 e. The fourth-order valence-electron chi connectivity index (χ4n) is 1.98. The zero-order chi connectivity index (χ0) is 11.7. The van der Waals surface area contributed by atoms with Crippen molar-refractivity contribution in [2.75, 3.05) is 6.61 Å².